The molecule has 3 rings (SSSR count). The third kappa shape index (κ3) is 4.75. The first-order valence-corrected chi connectivity index (χ1v) is 11.4. The van der Waals surface area contributed by atoms with Crippen LogP contribution in [0, 0.1) is 0 Å². The monoisotopic (exact) mass is 379 g/mol. The number of aromatic nitrogens is 1. The van der Waals surface area contributed by atoms with Gasteiger partial charge in [-0.1, -0.05) is 38.5 Å². The lowest BCUT2D eigenvalue weighted by molar-refractivity contribution is 0.0981. The van der Waals surface area contributed by atoms with Crippen molar-refractivity contribution in [1.82, 2.24) is 9.71 Å². The van der Waals surface area contributed by atoms with Crippen LogP contribution in [0.4, 0.5) is 5.82 Å². The highest BCUT2D eigenvalue weighted by Gasteiger charge is 2.29. The molecule has 1 saturated carbocycles. The van der Waals surface area contributed by atoms with Crippen LogP contribution in [0.2, 0.25) is 0 Å². The van der Waals surface area contributed by atoms with E-state index in [0.29, 0.717) is 24.2 Å². The first-order valence-electron chi connectivity index (χ1n) is 9.84. The largest absolute Gasteiger partial charge is 0.356 e. The maximum atomic E-state index is 12.8. The van der Waals surface area contributed by atoms with E-state index in [0.717, 1.165) is 51.6 Å². The highest BCUT2D eigenvalue weighted by atomic mass is 32.2. The number of rotatable bonds is 4. The second-order valence-corrected chi connectivity index (χ2v) is 9.33. The Kier molecular flexibility index (Phi) is 6.51. The first kappa shape index (κ1) is 19.1. The van der Waals surface area contributed by atoms with Gasteiger partial charge in [0, 0.05) is 19.3 Å². The highest BCUT2D eigenvalue weighted by Crippen LogP contribution is 2.24. The van der Waals surface area contributed by atoms with Gasteiger partial charge in [0.05, 0.1) is 10.8 Å². The number of pyridine rings is 1. The summed E-state index contributed by atoms with van der Waals surface area (Å²) in [5.74, 6) is 0.0343. The Morgan fingerprint density at radius 3 is 2.27 bits per heavy atom. The Morgan fingerprint density at radius 2 is 1.62 bits per heavy atom. The van der Waals surface area contributed by atoms with Crippen molar-refractivity contribution in [2.45, 2.75) is 69.5 Å². The fourth-order valence-corrected chi connectivity index (χ4v) is 5.42. The van der Waals surface area contributed by atoms with Crippen molar-refractivity contribution < 1.29 is 13.2 Å². The van der Waals surface area contributed by atoms with Crippen LogP contribution in [-0.4, -0.2) is 37.6 Å². The Balaban J connectivity index is 1.74. The zero-order chi connectivity index (χ0) is 18.4. The molecule has 26 heavy (non-hydrogen) atoms. The normalized spacial score (nSPS) is 20.2. The molecule has 144 valence electrons. The third-order valence-corrected chi connectivity index (χ3v) is 7.23. The molecule has 2 heterocycles. The van der Waals surface area contributed by atoms with E-state index >= 15 is 0 Å². The van der Waals surface area contributed by atoms with Crippen LogP contribution >= 0.6 is 0 Å². The molecule has 0 spiro atoms. The molecule has 1 aromatic heterocycles. The van der Waals surface area contributed by atoms with Crippen molar-refractivity contribution in [3.63, 3.8) is 0 Å². The van der Waals surface area contributed by atoms with Crippen LogP contribution < -0.4 is 9.62 Å². The number of sulfonamides is 1. The molecule has 1 amide bonds. The summed E-state index contributed by atoms with van der Waals surface area (Å²) >= 11 is 0. The number of hydrogen-bond donors (Lipinski definition) is 1. The van der Waals surface area contributed by atoms with E-state index in [1.165, 1.54) is 12.8 Å². The van der Waals surface area contributed by atoms with Gasteiger partial charge in [-0.3, -0.25) is 4.79 Å². The van der Waals surface area contributed by atoms with Crippen LogP contribution in [0.15, 0.2) is 18.3 Å². The quantitative estimate of drug-likeness (QED) is 0.869. The molecule has 1 aliphatic carbocycles. The summed E-state index contributed by atoms with van der Waals surface area (Å²) in [6.45, 7) is 1.71. The van der Waals surface area contributed by atoms with Gasteiger partial charge < -0.3 is 4.90 Å². The first-order chi connectivity index (χ1) is 12.6. The second kappa shape index (κ2) is 8.84. The van der Waals surface area contributed by atoms with E-state index in [1.807, 2.05) is 0 Å². The molecule has 0 aromatic carbocycles. The van der Waals surface area contributed by atoms with Crippen LogP contribution in [-0.2, 0) is 10.0 Å². The van der Waals surface area contributed by atoms with Crippen molar-refractivity contribution in [2.75, 3.05) is 18.0 Å². The van der Waals surface area contributed by atoms with Gasteiger partial charge in [0.2, 0.25) is 10.0 Å². The molecule has 1 saturated heterocycles. The standard InChI is InChI=1S/C19H29N3O3S/c23-19(17-12-9-13-20-18(17)22-14-7-8-15-22)21-26(24,25)16-10-5-3-1-2-4-6-11-16/h9,12-13,16H,1-8,10-11,14-15H2,(H,21,23). The van der Waals surface area contributed by atoms with E-state index < -0.39 is 21.2 Å². The Hall–Kier alpha value is -1.63. The zero-order valence-corrected chi connectivity index (χ0v) is 16.1. The number of carbonyl (C=O) groups is 1. The third-order valence-electron chi connectivity index (χ3n) is 5.41. The average molecular weight is 380 g/mol. The summed E-state index contributed by atoms with van der Waals surface area (Å²) < 4.78 is 28.0. The lowest BCUT2D eigenvalue weighted by atomic mass is 10.1. The molecule has 0 unspecified atom stereocenters. The minimum absolute atomic E-state index is 0.348. The number of carbonyl (C=O) groups excluding carboxylic acids is 1. The number of anilines is 1. The summed E-state index contributed by atoms with van der Waals surface area (Å²) in [4.78, 5) is 19.1. The van der Waals surface area contributed by atoms with Gasteiger partial charge in [-0.2, -0.15) is 0 Å². The predicted molar refractivity (Wildman–Crippen MR) is 103 cm³/mol. The van der Waals surface area contributed by atoms with Gasteiger partial charge in [0.25, 0.3) is 5.91 Å². The number of nitrogens with zero attached hydrogens (tertiary/aromatic N) is 2. The van der Waals surface area contributed by atoms with Gasteiger partial charge in [-0.25, -0.2) is 18.1 Å². The number of amides is 1. The van der Waals surface area contributed by atoms with Gasteiger partial charge in [-0.15, -0.1) is 0 Å². The van der Waals surface area contributed by atoms with Crippen LogP contribution in [0.1, 0.15) is 74.6 Å². The smallest absolute Gasteiger partial charge is 0.268 e. The van der Waals surface area contributed by atoms with Crippen molar-refractivity contribution >= 4 is 21.7 Å². The van der Waals surface area contributed by atoms with Gasteiger partial charge in [0.1, 0.15) is 5.82 Å². The Morgan fingerprint density at radius 1 is 1.00 bits per heavy atom. The SMILES string of the molecule is O=C(NS(=O)(=O)C1CCCCCCCC1)c1cccnc1N1CCCC1. The molecule has 1 aliphatic heterocycles. The molecule has 0 radical (unpaired) electrons. The topological polar surface area (TPSA) is 79.4 Å². The lowest BCUT2D eigenvalue weighted by Crippen LogP contribution is -2.39. The average Bonchev–Trinajstić information content (AvgIpc) is 3.19. The molecule has 2 aliphatic rings. The summed E-state index contributed by atoms with van der Waals surface area (Å²) in [6.07, 6.45) is 11.4. The Labute approximate surface area is 156 Å². The molecule has 0 atom stereocenters. The van der Waals surface area contributed by atoms with Gasteiger partial charge >= 0.3 is 0 Å². The molecule has 1 N–H and O–H groups in total. The molecule has 2 fully saturated rings. The fourth-order valence-electron chi connectivity index (χ4n) is 3.93. The fraction of sp³-hybridized carbons (Fsp3) is 0.684. The van der Waals surface area contributed by atoms with Gasteiger partial charge in [-0.05, 0) is 37.8 Å². The highest BCUT2D eigenvalue weighted by molar-refractivity contribution is 7.90. The maximum Gasteiger partial charge on any atom is 0.268 e. The summed E-state index contributed by atoms with van der Waals surface area (Å²) in [6, 6.07) is 3.34. The molecular weight excluding hydrogens is 350 g/mol. The second-order valence-electron chi connectivity index (χ2n) is 7.37. The number of hydrogen-bond acceptors (Lipinski definition) is 5. The molecule has 6 nitrogen and oxygen atoms in total. The van der Waals surface area contributed by atoms with E-state index in [-0.39, 0.29) is 0 Å². The van der Waals surface area contributed by atoms with Crippen LogP contribution in [0.3, 0.4) is 0 Å². The summed E-state index contributed by atoms with van der Waals surface area (Å²) in [5, 5.41) is -0.476. The molecular formula is C19H29N3O3S. The van der Waals surface area contributed by atoms with Crippen molar-refractivity contribution in [2.24, 2.45) is 0 Å². The van der Waals surface area contributed by atoms with Crippen LogP contribution in [0.25, 0.3) is 0 Å². The minimum atomic E-state index is -3.67. The van der Waals surface area contributed by atoms with Crippen molar-refractivity contribution in [1.29, 1.82) is 0 Å². The molecule has 1 aromatic rings. The van der Waals surface area contributed by atoms with E-state index in [1.54, 1.807) is 18.3 Å². The predicted octanol–water partition coefficient (Wildman–Crippen LogP) is 3.24. The van der Waals surface area contributed by atoms with Gasteiger partial charge in [0.15, 0.2) is 0 Å². The van der Waals surface area contributed by atoms with E-state index in [4.69, 9.17) is 0 Å². The van der Waals surface area contributed by atoms with Crippen LogP contribution in [0.5, 0.6) is 0 Å². The molecule has 7 heteroatoms. The summed E-state index contributed by atoms with van der Waals surface area (Å²) in [5.41, 5.74) is 0.348. The van der Waals surface area contributed by atoms with Crippen molar-refractivity contribution in [3.8, 4) is 0 Å². The van der Waals surface area contributed by atoms with E-state index in [2.05, 4.69) is 14.6 Å². The van der Waals surface area contributed by atoms with E-state index in [9.17, 15) is 13.2 Å². The maximum absolute atomic E-state index is 12.8. The minimum Gasteiger partial charge on any atom is -0.356 e. The zero-order valence-electron chi connectivity index (χ0n) is 15.3. The number of nitrogens with one attached hydrogen (secondary N) is 1. The Bertz CT molecular complexity index is 704. The van der Waals surface area contributed by atoms with Crippen molar-refractivity contribution in [3.05, 3.63) is 23.9 Å². The summed E-state index contributed by atoms with van der Waals surface area (Å²) in [7, 11) is -3.67. The molecule has 0 bridgehead atoms. The lowest BCUT2D eigenvalue weighted by Gasteiger charge is -2.21.